The molecule has 0 atom stereocenters. The Hall–Kier alpha value is -0.390. The molecule has 0 heterocycles. The van der Waals surface area contributed by atoms with E-state index < -0.39 is 5.97 Å². The van der Waals surface area contributed by atoms with E-state index in [0.29, 0.717) is 16.3 Å². The summed E-state index contributed by atoms with van der Waals surface area (Å²) < 4.78 is 6.30. The third kappa shape index (κ3) is 3.57. The van der Waals surface area contributed by atoms with Crippen molar-refractivity contribution in [1.29, 1.82) is 0 Å². The second-order valence-corrected chi connectivity index (χ2v) is 4.98. The van der Waals surface area contributed by atoms with Gasteiger partial charge in [-0.3, -0.25) is 9.59 Å². The van der Waals surface area contributed by atoms with Gasteiger partial charge in [-0.15, -0.1) is 11.6 Å². The fraction of sp³-hybridized carbons (Fsp3) is 0.200. The summed E-state index contributed by atoms with van der Waals surface area (Å²) in [7, 11) is 0. The van der Waals surface area contributed by atoms with Gasteiger partial charge >= 0.3 is 5.97 Å². The number of carbonyl (C=O) groups is 2. The zero-order valence-corrected chi connectivity index (χ0v) is 11.9. The first kappa shape index (κ1) is 13.7. The molecule has 0 N–H and O–H groups in total. The SMILES string of the molecule is O=Cc1cc(Br)cc(Br)c1OC(=O)CCCl. The number of esters is 1. The lowest BCUT2D eigenvalue weighted by atomic mass is 10.2. The van der Waals surface area contributed by atoms with Crippen molar-refractivity contribution in [1.82, 2.24) is 0 Å². The highest BCUT2D eigenvalue weighted by Gasteiger charge is 2.13. The first-order valence-corrected chi connectivity index (χ1v) is 6.41. The molecule has 0 amide bonds. The van der Waals surface area contributed by atoms with Gasteiger partial charge in [-0.25, -0.2) is 0 Å². The molecule has 6 heteroatoms. The summed E-state index contributed by atoms with van der Waals surface area (Å²) in [4.78, 5) is 22.1. The van der Waals surface area contributed by atoms with Crippen LogP contribution in [0, 0.1) is 0 Å². The number of hydrogen-bond acceptors (Lipinski definition) is 3. The molecule has 0 unspecified atom stereocenters. The Kier molecular flexibility index (Phi) is 5.44. The van der Waals surface area contributed by atoms with Gasteiger partial charge in [0.2, 0.25) is 0 Å². The standard InChI is InChI=1S/C10H7Br2ClO3/c11-7-3-6(5-14)10(8(12)4-7)16-9(15)1-2-13/h3-5H,1-2H2. The number of rotatable bonds is 4. The number of hydrogen-bond donors (Lipinski definition) is 0. The molecule has 0 aliphatic carbocycles. The van der Waals surface area contributed by atoms with Crippen LogP contribution >= 0.6 is 43.5 Å². The highest BCUT2D eigenvalue weighted by molar-refractivity contribution is 9.11. The second-order valence-electron chi connectivity index (χ2n) is 2.84. The molecule has 0 radical (unpaired) electrons. The molecule has 0 aromatic heterocycles. The zero-order valence-electron chi connectivity index (χ0n) is 8.00. The van der Waals surface area contributed by atoms with E-state index in [2.05, 4.69) is 31.9 Å². The van der Waals surface area contributed by atoms with Gasteiger partial charge in [0.05, 0.1) is 16.5 Å². The lowest BCUT2D eigenvalue weighted by Crippen LogP contribution is -2.10. The van der Waals surface area contributed by atoms with E-state index in [1.165, 1.54) is 0 Å². The number of aldehydes is 1. The Bertz CT molecular complexity index is 421. The summed E-state index contributed by atoms with van der Waals surface area (Å²) in [6, 6.07) is 3.26. The summed E-state index contributed by atoms with van der Waals surface area (Å²) in [6.07, 6.45) is 0.723. The Morgan fingerprint density at radius 1 is 1.44 bits per heavy atom. The van der Waals surface area contributed by atoms with E-state index >= 15 is 0 Å². The van der Waals surface area contributed by atoms with Crippen LogP contribution in [0.5, 0.6) is 5.75 Å². The molecule has 1 aromatic carbocycles. The molecule has 1 rings (SSSR count). The minimum atomic E-state index is -0.471. The topological polar surface area (TPSA) is 43.4 Å². The predicted molar refractivity (Wildman–Crippen MR) is 68.2 cm³/mol. The third-order valence-corrected chi connectivity index (χ3v) is 2.91. The van der Waals surface area contributed by atoms with Gasteiger partial charge < -0.3 is 4.74 Å². The highest BCUT2D eigenvalue weighted by atomic mass is 79.9. The van der Waals surface area contributed by atoms with Crippen LogP contribution in [0.3, 0.4) is 0 Å². The number of halogens is 3. The first-order valence-electron chi connectivity index (χ1n) is 4.29. The average Bonchev–Trinajstić information content (AvgIpc) is 2.22. The van der Waals surface area contributed by atoms with Crippen molar-refractivity contribution in [3.8, 4) is 5.75 Å². The summed E-state index contributed by atoms with van der Waals surface area (Å²) >= 11 is 11.9. The van der Waals surface area contributed by atoms with Crippen LogP contribution < -0.4 is 4.74 Å². The Morgan fingerprint density at radius 3 is 2.69 bits per heavy atom. The molecule has 86 valence electrons. The van der Waals surface area contributed by atoms with Gasteiger partial charge in [-0.1, -0.05) is 15.9 Å². The van der Waals surface area contributed by atoms with Crippen molar-refractivity contribution >= 4 is 55.7 Å². The first-order chi connectivity index (χ1) is 7.58. The van der Waals surface area contributed by atoms with E-state index in [9.17, 15) is 9.59 Å². The lowest BCUT2D eigenvalue weighted by molar-refractivity contribution is -0.133. The van der Waals surface area contributed by atoms with Crippen molar-refractivity contribution in [3.05, 3.63) is 26.6 Å². The number of carbonyl (C=O) groups excluding carboxylic acids is 2. The second kappa shape index (κ2) is 6.37. The van der Waals surface area contributed by atoms with Crippen molar-refractivity contribution in [2.45, 2.75) is 6.42 Å². The van der Waals surface area contributed by atoms with Crippen LogP contribution in [0.15, 0.2) is 21.1 Å². The molecule has 0 aliphatic heterocycles. The fourth-order valence-electron chi connectivity index (χ4n) is 1.02. The minimum Gasteiger partial charge on any atom is -0.425 e. The Morgan fingerprint density at radius 2 is 2.12 bits per heavy atom. The maximum Gasteiger partial charge on any atom is 0.312 e. The monoisotopic (exact) mass is 368 g/mol. The molecule has 0 spiro atoms. The van der Waals surface area contributed by atoms with Gasteiger partial charge in [-0.05, 0) is 28.1 Å². The van der Waals surface area contributed by atoms with Gasteiger partial charge in [-0.2, -0.15) is 0 Å². The smallest absolute Gasteiger partial charge is 0.312 e. The van der Waals surface area contributed by atoms with E-state index in [1.54, 1.807) is 12.1 Å². The van der Waals surface area contributed by atoms with Crippen LogP contribution in [0.1, 0.15) is 16.8 Å². The summed E-state index contributed by atoms with van der Waals surface area (Å²) in [6.45, 7) is 0. The molecular weight excluding hydrogens is 363 g/mol. The molecule has 0 bridgehead atoms. The molecule has 0 saturated carbocycles. The van der Waals surface area contributed by atoms with Crippen LogP contribution in [0.4, 0.5) is 0 Å². The van der Waals surface area contributed by atoms with Gasteiger partial charge in [0.1, 0.15) is 0 Å². The molecular formula is C10H7Br2ClO3. The van der Waals surface area contributed by atoms with E-state index in [0.717, 1.165) is 4.47 Å². The van der Waals surface area contributed by atoms with Crippen LogP contribution in [-0.2, 0) is 4.79 Å². The Labute approximate surface area is 114 Å². The largest absolute Gasteiger partial charge is 0.425 e. The van der Waals surface area contributed by atoms with Crippen LogP contribution in [0.2, 0.25) is 0 Å². The summed E-state index contributed by atoms with van der Waals surface area (Å²) in [5.41, 5.74) is 0.296. The van der Waals surface area contributed by atoms with Gasteiger partial charge in [0.25, 0.3) is 0 Å². The third-order valence-electron chi connectivity index (χ3n) is 1.68. The van der Waals surface area contributed by atoms with Crippen molar-refractivity contribution < 1.29 is 14.3 Å². The van der Waals surface area contributed by atoms with E-state index in [-0.39, 0.29) is 18.1 Å². The number of ether oxygens (including phenoxy) is 1. The predicted octanol–water partition coefficient (Wildman–Crippen LogP) is 3.56. The summed E-state index contributed by atoms with van der Waals surface area (Å²) in [5, 5.41) is 0. The van der Waals surface area contributed by atoms with Gasteiger partial charge in [0, 0.05) is 10.4 Å². The number of benzene rings is 1. The normalized spacial score (nSPS) is 9.94. The molecule has 16 heavy (non-hydrogen) atoms. The van der Waals surface area contributed by atoms with E-state index in [1.807, 2.05) is 0 Å². The summed E-state index contributed by atoms with van der Waals surface area (Å²) in [5.74, 6) is -0.0712. The molecule has 0 saturated heterocycles. The minimum absolute atomic E-state index is 0.0996. The van der Waals surface area contributed by atoms with Gasteiger partial charge in [0.15, 0.2) is 12.0 Å². The zero-order chi connectivity index (χ0) is 12.1. The van der Waals surface area contributed by atoms with Crippen molar-refractivity contribution in [2.24, 2.45) is 0 Å². The molecule has 0 aliphatic rings. The highest BCUT2D eigenvalue weighted by Crippen LogP contribution is 2.32. The van der Waals surface area contributed by atoms with Crippen LogP contribution in [0.25, 0.3) is 0 Å². The maximum absolute atomic E-state index is 11.3. The quantitative estimate of drug-likeness (QED) is 0.352. The van der Waals surface area contributed by atoms with Crippen molar-refractivity contribution in [2.75, 3.05) is 5.88 Å². The molecule has 3 nitrogen and oxygen atoms in total. The van der Waals surface area contributed by atoms with Crippen molar-refractivity contribution in [3.63, 3.8) is 0 Å². The Balaban J connectivity index is 3.02. The van der Waals surface area contributed by atoms with E-state index in [4.69, 9.17) is 16.3 Å². The van der Waals surface area contributed by atoms with Crippen LogP contribution in [-0.4, -0.2) is 18.1 Å². The average molecular weight is 370 g/mol. The molecule has 0 fully saturated rings. The number of alkyl halides is 1. The lowest BCUT2D eigenvalue weighted by Gasteiger charge is -2.08. The molecule has 1 aromatic rings. The maximum atomic E-state index is 11.3. The fourth-order valence-corrected chi connectivity index (χ4v) is 2.51.